The molecule has 1 aliphatic rings. The average molecular weight is 283 g/mol. The van der Waals surface area contributed by atoms with Gasteiger partial charge in [-0.05, 0) is 44.3 Å². The predicted octanol–water partition coefficient (Wildman–Crippen LogP) is 2.68. The van der Waals surface area contributed by atoms with E-state index in [-0.39, 0.29) is 0 Å². The van der Waals surface area contributed by atoms with Gasteiger partial charge >= 0.3 is 0 Å². The van der Waals surface area contributed by atoms with E-state index in [1.165, 1.54) is 0 Å². The third kappa shape index (κ3) is 2.43. The molecule has 0 spiro atoms. The average Bonchev–Trinajstić information content (AvgIpc) is 2.55. The number of likely N-dealkylation sites (N-methyl/N-ethyl adjacent to an activating group) is 1. The monoisotopic (exact) mass is 283 g/mol. The lowest BCUT2D eigenvalue weighted by molar-refractivity contribution is 0.0507. The summed E-state index contributed by atoms with van der Waals surface area (Å²) in [6, 6.07) is 14.0. The van der Waals surface area contributed by atoms with Gasteiger partial charge in [0, 0.05) is 12.1 Å². The van der Waals surface area contributed by atoms with Crippen molar-refractivity contribution in [1.82, 2.24) is 4.90 Å². The molecule has 0 aliphatic carbocycles. The van der Waals surface area contributed by atoms with Crippen LogP contribution in [-0.2, 0) is 12.2 Å². The molecule has 1 unspecified atom stereocenters. The highest BCUT2D eigenvalue weighted by Gasteiger charge is 2.38. The number of benzene rings is 2. The lowest BCUT2D eigenvalue weighted by Gasteiger charge is -2.32. The summed E-state index contributed by atoms with van der Waals surface area (Å²) >= 11 is 0. The molecule has 1 atom stereocenters. The van der Waals surface area contributed by atoms with E-state index in [2.05, 4.69) is 0 Å². The molecular formula is C18H21NO2. The zero-order chi connectivity index (χ0) is 15.0. The number of ether oxygens (including phenoxy) is 1. The first kappa shape index (κ1) is 14.1. The molecule has 1 N–H and O–H groups in total. The van der Waals surface area contributed by atoms with Crippen molar-refractivity contribution in [2.24, 2.45) is 0 Å². The van der Waals surface area contributed by atoms with Crippen molar-refractivity contribution in [3.05, 3.63) is 64.7 Å². The van der Waals surface area contributed by atoms with Crippen molar-refractivity contribution in [3.8, 4) is 5.75 Å². The zero-order valence-electron chi connectivity index (χ0n) is 12.8. The van der Waals surface area contributed by atoms with Crippen molar-refractivity contribution in [3.63, 3.8) is 0 Å². The maximum absolute atomic E-state index is 11.5. The van der Waals surface area contributed by atoms with E-state index in [4.69, 9.17) is 4.74 Å². The Balaban J connectivity index is 2.26. The topological polar surface area (TPSA) is 32.7 Å². The molecule has 0 aromatic heterocycles. The number of fused-ring (bicyclic) bond motifs is 2. The summed E-state index contributed by atoms with van der Waals surface area (Å²) in [7, 11) is 3.95. The molecule has 0 fully saturated rings. The van der Waals surface area contributed by atoms with E-state index < -0.39 is 5.60 Å². The minimum absolute atomic E-state index is 0.488. The summed E-state index contributed by atoms with van der Waals surface area (Å²) < 4.78 is 5.93. The van der Waals surface area contributed by atoms with E-state index in [1.807, 2.05) is 68.4 Å². The van der Waals surface area contributed by atoms with Gasteiger partial charge in [-0.15, -0.1) is 0 Å². The van der Waals surface area contributed by atoms with Crippen molar-refractivity contribution in [2.45, 2.75) is 19.1 Å². The molecule has 2 aromatic rings. The molecule has 0 amide bonds. The Labute approximate surface area is 125 Å². The molecule has 3 rings (SSSR count). The molecule has 110 valence electrons. The fraction of sp³-hybridized carbons (Fsp3) is 0.333. The van der Waals surface area contributed by atoms with E-state index in [0.29, 0.717) is 13.2 Å². The van der Waals surface area contributed by atoms with Crippen LogP contribution in [0.15, 0.2) is 42.5 Å². The van der Waals surface area contributed by atoms with Crippen LogP contribution in [0.5, 0.6) is 5.75 Å². The minimum Gasteiger partial charge on any atom is -0.488 e. The van der Waals surface area contributed by atoms with Crippen LogP contribution in [0.3, 0.4) is 0 Å². The second-order valence-electron chi connectivity index (χ2n) is 6.04. The fourth-order valence-corrected chi connectivity index (χ4v) is 3.07. The first-order valence-electron chi connectivity index (χ1n) is 7.20. The number of aryl methyl sites for hydroxylation is 1. The zero-order valence-corrected chi connectivity index (χ0v) is 12.8. The molecule has 1 heterocycles. The standard InChI is InChI=1S/C18H21NO2/c1-13-8-9-17-16(10-13)18(20,12-19(2)3)15-7-5-4-6-14(15)11-21-17/h4-10,20H,11-12H2,1-3H3. The molecule has 1 aliphatic heterocycles. The minimum atomic E-state index is -1.06. The maximum atomic E-state index is 11.5. The Morgan fingerprint density at radius 1 is 1.14 bits per heavy atom. The van der Waals surface area contributed by atoms with Crippen LogP contribution in [-0.4, -0.2) is 30.6 Å². The summed E-state index contributed by atoms with van der Waals surface area (Å²) in [6.45, 7) is 3.04. The summed E-state index contributed by atoms with van der Waals surface area (Å²) in [4.78, 5) is 2.01. The Bertz CT molecular complexity index is 666. The van der Waals surface area contributed by atoms with E-state index >= 15 is 0 Å². The highest BCUT2D eigenvalue weighted by molar-refractivity contribution is 5.50. The number of aliphatic hydroxyl groups is 1. The van der Waals surface area contributed by atoms with E-state index in [9.17, 15) is 5.11 Å². The fourth-order valence-electron chi connectivity index (χ4n) is 3.07. The molecule has 3 nitrogen and oxygen atoms in total. The van der Waals surface area contributed by atoms with Gasteiger partial charge in [0.2, 0.25) is 0 Å². The highest BCUT2D eigenvalue weighted by Crippen LogP contribution is 2.41. The number of nitrogens with zero attached hydrogens (tertiary/aromatic N) is 1. The predicted molar refractivity (Wildman–Crippen MR) is 83.5 cm³/mol. The maximum Gasteiger partial charge on any atom is 0.131 e. The van der Waals surface area contributed by atoms with Gasteiger partial charge in [0.1, 0.15) is 18.0 Å². The lowest BCUT2D eigenvalue weighted by Crippen LogP contribution is -2.39. The van der Waals surface area contributed by atoms with Crippen molar-refractivity contribution >= 4 is 0 Å². The third-order valence-electron chi connectivity index (χ3n) is 3.97. The highest BCUT2D eigenvalue weighted by atomic mass is 16.5. The summed E-state index contributed by atoms with van der Waals surface area (Å²) in [5.41, 5.74) is 2.88. The Morgan fingerprint density at radius 3 is 2.67 bits per heavy atom. The van der Waals surface area contributed by atoms with Crippen molar-refractivity contribution in [2.75, 3.05) is 20.6 Å². The normalized spacial score (nSPS) is 20.4. The number of hydrogen-bond donors (Lipinski definition) is 1. The van der Waals surface area contributed by atoms with Gasteiger partial charge in [-0.2, -0.15) is 0 Å². The van der Waals surface area contributed by atoms with Gasteiger partial charge in [0.25, 0.3) is 0 Å². The summed E-state index contributed by atoms with van der Waals surface area (Å²) in [5.74, 6) is 0.765. The van der Waals surface area contributed by atoms with Crippen LogP contribution in [0, 0.1) is 6.92 Å². The van der Waals surface area contributed by atoms with Crippen LogP contribution in [0.2, 0.25) is 0 Å². The molecule has 0 saturated carbocycles. The van der Waals surface area contributed by atoms with Gasteiger partial charge in [-0.3, -0.25) is 0 Å². The molecule has 0 radical (unpaired) electrons. The van der Waals surface area contributed by atoms with Gasteiger partial charge < -0.3 is 14.7 Å². The van der Waals surface area contributed by atoms with Gasteiger partial charge in [0.05, 0.1) is 0 Å². The van der Waals surface area contributed by atoms with Crippen LogP contribution in [0.1, 0.15) is 22.3 Å². The van der Waals surface area contributed by atoms with Crippen LogP contribution >= 0.6 is 0 Å². The van der Waals surface area contributed by atoms with Crippen LogP contribution < -0.4 is 4.74 Å². The first-order valence-corrected chi connectivity index (χ1v) is 7.20. The Morgan fingerprint density at radius 2 is 1.90 bits per heavy atom. The van der Waals surface area contributed by atoms with Crippen LogP contribution in [0.25, 0.3) is 0 Å². The molecule has 0 bridgehead atoms. The molecule has 2 aromatic carbocycles. The quantitative estimate of drug-likeness (QED) is 0.920. The molecule has 3 heteroatoms. The molecule has 21 heavy (non-hydrogen) atoms. The largest absolute Gasteiger partial charge is 0.488 e. The number of hydrogen-bond acceptors (Lipinski definition) is 3. The SMILES string of the molecule is Cc1ccc2c(c1)C(O)(CN(C)C)c1ccccc1CO2. The van der Waals surface area contributed by atoms with E-state index in [1.54, 1.807) is 0 Å². The molecule has 0 saturated heterocycles. The lowest BCUT2D eigenvalue weighted by atomic mass is 9.83. The second kappa shape index (κ2) is 5.17. The summed E-state index contributed by atoms with van der Waals surface area (Å²) in [5, 5.41) is 11.5. The van der Waals surface area contributed by atoms with Crippen molar-refractivity contribution < 1.29 is 9.84 Å². The van der Waals surface area contributed by atoms with Gasteiger partial charge in [-0.25, -0.2) is 0 Å². The molecular weight excluding hydrogens is 262 g/mol. The van der Waals surface area contributed by atoms with E-state index in [0.717, 1.165) is 28.0 Å². The number of rotatable bonds is 2. The third-order valence-corrected chi connectivity index (χ3v) is 3.97. The Kier molecular flexibility index (Phi) is 3.47. The first-order chi connectivity index (χ1) is 10.0. The van der Waals surface area contributed by atoms with Gasteiger partial charge in [-0.1, -0.05) is 35.9 Å². The summed E-state index contributed by atoms with van der Waals surface area (Å²) in [6.07, 6.45) is 0. The van der Waals surface area contributed by atoms with Crippen LogP contribution in [0.4, 0.5) is 0 Å². The smallest absolute Gasteiger partial charge is 0.131 e. The van der Waals surface area contributed by atoms with Gasteiger partial charge in [0.15, 0.2) is 0 Å². The second-order valence-corrected chi connectivity index (χ2v) is 6.04. The Hall–Kier alpha value is -1.84. The van der Waals surface area contributed by atoms with Crippen molar-refractivity contribution in [1.29, 1.82) is 0 Å².